The first-order valence-corrected chi connectivity index (χ1v) is 5.74. The van der Waals surface area contributed by atoms with Crippen LogP contribution < -0.4 is 10.6 Å². The van der Waals surface area contributed by atoms with Gasteiger partial charge in [0.2, 0.25) is 0 Å². The van der Waals surface area contributed by atoms with Crippen molar-refractivity contribution in [1.29, 1.82) is 0 Å². The predicted octanol–water partition coefficient (Wildman–Crippen LogP) is 1.84. The summed E-state index contributed by atoms with van der Waals surface area (Å²) in [5, 5.41) is 9.97. The molecule has 0 saturated heterocycles. The van der Waals surface area contributed by atoms with Crippen molar-refractivity contribution in [1.82, 2.24) is 0 Å². The van der Waals surface area contributed by atoms with E-state index < -0.39 is 0 Å². The Morgan fingerprint density at radius 1 is 1.38 bits per heavy atom. The number of nitrogens with zero attached hydrogens (tertiary/aromatic N) is 1. The zero-order valence-corrected chi connectivity index (χ0v) is 10.2. The van der Waals surface area contributed by atoms with E-state index in [1.807, 2.05) is 32.0 Å². The minimum absolute atomic E-state index is 0.0100. The fourth-order valence-electron chi connectivity index (χ4n) is 2.31. The molecule has 0 aromatic heterocycles. The monoisotopic (exact) mass is 220 g/mol. The van der Waals surface area contributed by atoms with Gasteiger partial charge < -0.3 is 15.7 Å². The lowest BCUT2D eigenvalue weighted by Crippen LogP contribution is -2.31. The normalized spacial score (nSPS) is 19.2. The fraction of sp³-hybridized carbons (Fsp3) is 0.538. The Balaban J connectivity index is 2.44. The van der Waals surface area contributed by atoms with Gasteiger partial charge >= 0.3 is 0 Å². The van der Waals surface area contributed by atoms with Crippen LogP contribution in [0.4, 0.5) is 5.69 Å². The van der Waals surface area contributed by atoms with E-state index in [-0.39, 0.29) is 11.5 Å². The first-order valence-electron chi connectivity index (χ1n) is 5.74. The second kappa shape index (κ2) is 3.67. The summed E-state index contributed by atoms with van der Waals surface area (Å²) in [5.74, 6) is 0.375. The van der Waals surface area contributed by atoms with Gasteiger partial charge in [-0.25, -0.2) is 0 Å². The number of hydrogen-bond acceptors (Lipinski definition) is 3. The highest BCUT2D eigenvalue weighted by Crippen LogP contribution is 2.53. The van der Waals surface area contributed by atoms with Gasteiger partial charge in [0, 0.05) is 36.8 Å². The highest BCUT2D eigenvalue weighted by Gasteiger charge is 2.49. The first-order chi connectivity index (χ1) is 7.47. The lowest BCUT2D eigenvalue weighted by molar-refractivity contribution is 0.446. The highest BCUT2D eigenvalue weighted by atomic mass is 16.3. The van der Waals surface area contributed by atoms with E-state index in [9.17, 15) is 5.11 Å². The number of phenolic OH excluding ortho intramolecular Hbond substituents is 1. The van der Waals surface area contributed by atoms with Gasteiger partial charge in [-0.1, -0.05) is 0 Å². The van der Waals surface area contributed by atoms with Crippen molar-refractivity contribution >= 4 is 5.69 Å². The minimum Gasteiger partial charge on any atom is -0.508 e. The molecule has 1 aliphatic rings. The largest absolute Gasteiger partial charge is 0.508 e. The second-order valence-electron chi connectivity index (χ2n) is 5.04. The van der Waals surface area contributed by atoms with Crippen molar-refractivity contribution in [3.63, 3.8) is 0 Å². The van der Waals surface area contributed by atoms with Crippen LogP contribution in [0.3, 0.4) is 0 Å². The van der Waals surface area contributed by atoms with Gasteiger partial charge in [0.25, 0.3) is 0 Å². The van der Waals surface area contributed by atoms with Crippen molar-refractivity contribution in [3.8, 4) is 5.75 Å². The number of anilines is 1. The molecular weight excluding hydrogens is 200 g/mol. The fourth-order valence-corrected chi connectivity index (χ4v) is 2.31. The van der Waals surface area contributed by atoms with E-state index in [0.29, 0.717) is 5.75 Å². The molecule has 3 nitrogen and oxygen atoms in total. The third-order valence-electron chi connectivity index (χ3n) is 3.69. The van der Waals surface area contributed by atoms with Crippen molar-refractivity contribution in [2.24, 2.45) is 5.73 Å². The SMILES string of the molecule is CC(N)C1(c2cc(N(C)C)ccc2O)CC1. The van der Waals surface area contributed by atoms with E-state index in [1.165, 1.54) is 0 Å². The smallest absolute Gasteiger partial charge is 0.119 e. The van der Waals surface area contributed by atoms with Crippen LogP contribution in [-0.4, -0.2) is 25.2 Å². The summed E-state index contributed by atoms with van der Waals surface area (Å²) in [6, 6.07) is 5.85. The molecule has 0 spiro atoms. The predicted molar refractivity (Wildman–Crippen MR) is 67.0 cm³/mol. The van der Waals surface area contributed by atoms with Gasteiger partial charge in [0.1, 0.15) is 5.75 Å². The van der Waals surface area contributed by atoms with E-state index in [4.69, 9.17) is 5.73 Å². The molecule has 0 bridgehead atoms. The summed E-state index contributed by atoms with van der Waals surface area (Å²) in [6.07, 6.45) is 2.16. The number of nitrogens with two attached hydrogens (primary N) is 1. The van der Waals surface area contributed by atoms with Crippen molar-refractivity contribution < 1.29 is 5.11 Å². The van der Waals surface area contributed by atoms with Gasteiger partial charge in [-0.15, -0.1) is 0 Å². The molecule has 88 valence electrons. The van der Waals surface area contributed by atoms with Gasteiger partial charge in [-0.2, -0.15) is 0 Å². The minimum atomic E-state index is 0.0100. The maximum Gasteiger partial charge on any atom is 0.119 e. The molecular formula is C13H20N2O. The Morgan fingerprint density at radius 3 is 2.44 bits per heavy atom. The molecule has 0 radical (unpaired) electrons. The molecule has 2 rings (SSSR count). The topological polar surface area (TPSA) is 49.5 Å². The lowest BCUT2D eigenvalue weighted by atomic mass is 9.88. The zero-order chi connectivity index (χ0) is 11.9. The average Bonchev–Trinajstić information content (AvgIpc) is 2.98. The molecule has 16 heavy (non-hydrogen) atoms. The molecule has 1 atom stereocenters. The number of phenols is 1. The molecule has 3 heteroatoms. The van der Waals surface area contributed by atoms with Crippen LogP contribution in [-0.2, 0) is 5.41 Å². The number of aromatic hydroxyl groups is 1. The maximum absolute atomic E-state index is 9.97. The van der Waals surface area contributed by atoms with Crippen LogP contribution in [0.25, 0.3) is 0 Å². The van der Waals surface area contributed by atoms with Crippen LogP contribution in [0.5, 0.6) is 5.75 Å². The van der Waals surface area contributed by atoms with Crippen LogP contribution in [0, 0.1) is 0 Å². The molecule has 3 N–H and O–H groups in total. The van der Waals surface area contributed by atoms with E-state index in [1.54, 1.807) is 6.07 Å². The molecule has 1 aromatic rings. The molecule has 1 saturated carbocycles. The molecule has 1 aromatic carbocycles. The number of rotatable bonds is 3. The summed E-state index contributed by atoms with van der Waals surface area (Å²) < 4.78 is 0. The van der Waals surface area contributed by atoms with Gasteiger partial charge in [0.05, 0.1) is 0 Å². The lowest BCUT2D eigenvalue weighted by Gasteiger charge is -2.23. The molecule has 1 unspecified atom stereocenters. The van der Waals surface area contributed by atoms with E-state index in [0.717, 1.165) is 24.1 Å². The maximum atomic E-state index is 9.97. The number of benzene rings is 1. The molecule has 0 heterocycles. The molecule has 0 amide bonds. The van der Waals surface area contributed by atoms with Crippen molar-refractivity contribution in [2.45, 2.75) is 31.2 Å². The Bertz CT molecular complexity index is 395. The summed E-state index contributed by atoms with van der Waals surface area (Å²) in [5.41, 5.74) is 8.16. The quantitative estimate of drug-likeness (QED) is 0.817. The Morgan fingerprint density at radius 2 is 2.00 bits per heavy atom. The standard InChI is InChI=1S/C13H20N2O/c1-9(14)13(6-7-13)11-8-10(15(2)3)4-5-12(11)16/h4-5,8-9,16H,6-7,14H2,1-3H3. The summed E-state index contributed by atoms with van der Waals surface area (Å²) in [4.78, 5) is 2.04. The zero-order valence-electron chi connectivity index (χ0n) is 10.2. The van der Waals surface area contributed by atoms with Crippen LogP contribution in [0.15, 0.2) is 18.2 Å². The molecule has 1 aliphatic carbocycles. The molecule has 0 aliphatic heterocycles. The van der Waals surface area contributed by atoms with E-state index in [2.05, 4.69) is 6.07 Å². The summed E-state index contributed by atoms with van der Waals surface area (Å²) in [7, 11) is 4.00. The third kappa shape index (κ3) is 1.65. The number of hydrogen-bond donors (Lipinski definition) is 2. The average molecular weight is 220 g/mol. The van der Waals surface area contributed by atoms with E-state index >= 15 is 0 Å². The van der Waals surface area contributed by atoms with Crippen molar-refractivity contribution in [3.05, 3.63) is 23.8 Å². The molecule has 1 fully saturated rings. The van der Waals surface area contributed by atoms with Gasteiger partial charge in [-0.05, 0) is 38.0 Å². The van der Waals surface area contributed by atoms with Crippen LogP contribution >= 0.6 is 0 Å². The van der Waals surface area contributed by atoms with Crippen LogP contribution in [0.1, 0.15) is 25.3 Å². The van der Waals surface area contributed by atoms with Gasteiger partial charge in [-0.3, -0.25) is 0 Å². The highest BCUT2D eigenvalue weighted by molar-refractivity contribution is 5.56. The van der Waals surface area contributed by atoms with Crippen molar-refractivity contribution in [2.75, 3.05) is 19.0 Å². The summed E-state index contributed by atoms with van der Waals surface area (Å²) in [6.45, 7) is 2.02. The second-order valence-corrected chi connectivity index (χ2v) is 5.04. The van der Waals surface area contributed by atoms with Gasteiger partial charge in [0.15, 0.2) is 0 Å². The Hall–Kier alpha value is -1.22. The Kier molecular flexibility index (Phi) is 2.58. The first kappa shape index (κ1) is 11.3. The summed E-state index contributed by atoms with van der Waals surface area (Å²) >= 11 is 0. The van der Waals surface area contributed by atoms with Crippen LogP contribution in [0.2, 0.25) is 0 Å². The Labute approximate surface area is 96.9 Å². The third-order valence-corrected chi connectivity index (χ3v) is 3.69.